The lowest BCUT2D eigenvalue weighted by atomic mass is 10.2. The molecule has 0 radical (unpaired) electrons. The first-order chi connectivity index (χ1) is 13.2. The number of halogens is 1. The molecule has 0 unspecified atom stereocenters. The second-order valence-electron chi connectivity index (χ2n) is 6.41. The molecule has 0 aromatic heterocycles. The third-order valence-corrected chi connectivity index (χ3v) is 5.65. The lowest BCUT2D eigenvalue weighted by Gasteiger charge is -2.14. The first kappa shape index (κ1) is 21.8. The Morgan fingerprint density at radius 2 is 1.79 bits per heavy atom. The molecule has 154 valence electrons. The Balaban J connectivity index is 1.77. The zero-order valence-corrected chi connectivity index (χ0v) is 16.1. The van der Waals surface area contributed by atoms with E-state index in [4.69, 9.17) is 4.74 Å². The van der Waals surface area contributed by atoms with Gasteiger partial charge in [0.1, 0.15) is 11.9 Å². The van der Waals surface area contributed by atoms with Gasteiger partial charge in [0, 0.05) is 6.04 Å². The zero-order chi connectivity index (χ0) is 20.7. The van der Waals surface area contributed by atoms with Crippen molar-refractivity contribution in [1.82, 2.24) is 15.4 Å². The molecule has 1 aromatic rings. The normalized spacial score (nSPS) is 15.6. The van der Waals surface area contributed by atoms with Crippen LogP contribution in [-0.4, -0.2) is 45.0 Å². The predicted octanol–water partition coefficient (Wildman–Crippen LogP) is 0.804. The third kappa shape index (κ3) is 6.57. The van der Waals surface area contributed by atoms with Gasteiger partial charge in [0.05, 0.1) is 4.90 Å². The van der Waals surface area contributed by atoms with Crippen molar-refractivity contribution in [3.05, 3.63) is 30.1 Å². The highest BCUT2D eigenvalue weighted by Crippen LogP contribution is 2.17. The van der Waals surface area contributed by atoms with Crippen molar-refractivity contribution >= 4 is 27.9 Å². The quantitative estimate of drug-likeness (QED) is 0.565. The van der Waals surface area contributed by atoms with E-state index in [0.717, 1.165) is 49.9 Å². The Kier molecular flexibility index (Phi) is 7.46. The number of carbonyl (C=O) groups is 3. The van der Waals surface area contributed by atoms with E-state index in [1.807, 2.05) is 5.32 Å². The number of imide groups is 1. The van der Waals surface area contributed by atoms with Crippen LogP contribution >= 0.6 is 0 Å². The number of esters is 1. The highest BCUT2D eigenvalue weighted by Gasteiger charge is 2.24. The van der Waals surface area contributed by atoms with E-state index < -0.39 is 46.4 Å². The maximum atomic E-state index is 12.9. The summed E-state index contributed by atoms with van der Waals surface area (Å²) in [5.74, 6) is -2.44. The van der Waals surface area contributed by atoms with Crippen molar-refractivity contribution in [1.29, 1.82) is 0 Å². The molecule has 3 N–H and O–H groups in total. The average molecular weight is 415 g/mol. The van der Waals surface area contributed by atoms with E-state index in [0.29, 0.717) is 0 Å². The van der Waals surface area contributed by atoms with Crippen LogP contribution in [0.1, 0.15) is 32.6 Å². The van der Waals surface area contributed by atoms with Gasteiger partial charge in [-0.15, -0.1) is 0 Å². The summed E-state index contributed by atoms with van der Waals surface area (Å²) in [4.78, 5) is 35.0. The standard InChI is InChI=1S/C17H22FN3O6S/c1-11(21-28(25,26)14-8-6-12(18)7-9-14)16(23)27-10-15(22)20-17(24)19-13-4-2-3-5-13/h6-9,11,13,21H,2-5,10H2,1H3,(H2,19,20,22,24)/t11-/m0/s1. The minimum Gasteiger partial charge on any atom is -0.454 e. The number of rotatable bonds is 7. The number of benzene rings is 1. The van der Waals surface area contributed by atoms with E-state index >= 15 is 0 Å². The van der Waals surface area contributed by atoms with Gasteiger partial charge in [-0.05, 0) is 44.0 Å². The SMILES string of the molecule is C[C@H](NS(=O)(=O)c1ccc(F)cc1)C(=O)OCC(=O)NC(=O)NC1CCCC1. The van der Waals surface area contributed by atoms with Gasteiger partial charge in [-0.2, -0.15) is 4.72 Å². The molecule has 1 atom stereocenters. The topological polar surface area (TPSA) is 131 Å². The highest BCUT2D eigenvalue weighted by atomic mass is 32.2. The highest BCUT2D eigenvalue weighted by molar-refractivity contribution is 7.89. The zero-order valence-electron chi connectivity index (χ0n) is 15.2. The molecule has 9 nitrogen and oxygen atoms in total. The van der Waals surface area contributed by atoms with Crippen LogP contribution in [0.3, 0.4) is 0 Å². The van der Waals surface area contributed by atoms with Crippen molar-refractivity contribution in [2.24, 2.45) is 0 Å². The minimum atomic E-state index is -4.07. The first-order valence-electron chi connectivity index (χ1n) is 8.72. The summed E-state index contributed by atoms with van der Waals surface area (Å²) in [6.45, 7) is 0.494. The van der Waals surface area contributed by atoms with Gasteiger partial charge in [-0.3, -0.25) is 14.9 Å². The van der Waals surface area contributed by atoms with Gasteiger partial charge < -0.3 is 10.1 Å². The average Bonchev–Trinajstić information content (AvgIpc) is 3.12. The van der Waals surface area contributed by atoms with Crippen molar-refractivity contribution in [2.75, 3.05) is 6.61 Å². The number of hydrogen-bond donors (Lipinski definition) is 3. The summed E-state index contributed by atoms with van der Waals surface area (Å²) < 4.78 is 43.9. The summed E-state index contributed by atoms with van der Waals surface area (Å²) in [6, 6.07) is 2.10. The van der Waals surface area contributed by atoms with Gasteiger partial charge in [0.25, 0.3) is 5.91 Å². The lowest BCUT2D eigenvalue weighted by Crippen LogP contribution is -2.46. The fourth-order valence-corrected chi connectivity index (χ4v) is 3.87. The molecule has 28 heavy (non-hydrogen) atoms. The molecule has 1 saturated carbocycles. The molecule has 11 heteroatoms. The number of ether oxygens (including phenoxy) is 1. The first-order valence-corrected chi connectivity index (χ1v) is 10.2. The number of sulfonamides is 1. The monoisotopic (exact) mass is 415 g/mol. The second kappa shape index (κ2) is 9.60. The van der Waals surface area contributed by atoms with Gasteiger partial charge >= 0.3 is 12.0 Å². The third-order valence-electron chi connectivity index (χ3n) is 4.10. The maximum absolute atomic E-state index is 12.9. The van der Waals surface area contributed by atoms with Crippen LogP contribution in [0.4, 0.5) is 9.18 Å². The number of amides is 3. The molecule has 1 aromatic carbocycles. The molecule has 3 amide bonds. The fourth-order valence-electron chi connectivity index (χ4n) is 2.68. The molecule has 0 spiro atoms. The van der Waals surface area contributed by atoms with Gasteiger partial charge in [0.2, 0.25) is 10.0 Å². The van der Waals surface area contributed by atoms with E-state index in [2.05, 4.69) is 10.0 Å². The summed E-state index contributed by atoms with van der Waals surface area (Å²) in [6.07, 6.45) is 3.73. The lowest BCUT2D eigenvalue weighted by molar-refractivity contribution is -0.149. The van der Waals surface area contributed by atoms with Gasteiger partial charge in [-0.1, -0.05) is 12.8 Å². The molecule has 1 aliphatic carbocycles. The molecule has 1 aliphatic rings. The van der Waals surface area contributed by atoms with E-state index in [1.54, 1.807) is 0 Å². The van der Waals surface area contributed by atoms with Crippen LogP contribution in [0.5, 0.6) is 0 Å². The molecule has 0 aliphatic heterocycles. The summed E-state index contributed by atoms with van der Waals surface area (Å²) in [5.41, 5.74) is 0. The Bertz CT molecular complexity index is 822. The van der Waals surface area contributed by atoms with E-state index in [9.17, 15) is 27.2 Å². The van der Waals surface area contributed by atoms with Crippen molar-refractivity contribution < 1.29 is 31.9 Å². The number of nitrogens with one attached hydrogen (secondary N) is 3. The Morgan fingerprint density at radius 3 is 2.39 bits per heavy atom. The molecular formula is C17H22FN3O6S. The summed E-state index contributed by atoms with van der Waals surface area (Å²) in [7, 11) is -4.07. The van der Waals surface area contributed by atoms with Crippen LogP contribution in [0.2, 0.25) is 0 Å². The maximum Gasteiger partial charge on any atom is 0.324 e. The summed E-state index contributed by atoms with van der Waals surface area (Å²) >= 11 is 0. The van der Waals surface area contributed by atoms with E-state index in [1.165, 1.54) is 6.92 Å². The van der Waals surface area contributed by atoms with Crippen LogP contribution in [-0.2, 0) is 24.3 Å². The van der Waals surface area contributed by atoms with Crippen molar-refractivity contribution in [3.63, 3.8) is 0 Å². The van der Waals surface area contributed by atoms with Crippen LogP contribution in [0.15, 0.2) is 29.2 Å². The Morgan fingerprint density at radius 1 is 1.18 bits per heavy atom. The van der Waals surface area contributed by atoms with Crippen molar-refractivity contribution in [3.8, 4) is 0 Å². The molecule has 0 heterocycles. The number of hydrogen-bond acceptors (Lipinski definition) is 6. The van der Waals surface area contributed by atoms with Crippen LogP contribution in [0.25, 0.3) is 0 Å². The Hall–Kier alpha value is -2.53. The van der Waals surface area contributed by atoms with Gasteiger partial charge in [0.15, 0.2) is 6.61 Å². The van der Waals surface area contributed by atoms with Crippen LogP contribution in [0, 0.1) is 5.82 Å². The molecule has 0 bridgehead atoms. The van der Waals surface area contributed by atoms with E-state index in [-0.39, 0.29) is 10.9 Å². The van der Waals surface area contributed by atoms with Crippen molar-refractivity contribution in [2.45, 2.75) is 49.6 Å². The van der Waals surface area contributed by atoms with Gasteiger partial charge in [-0.25, -0.2) is 17.6 Å². The fraction of sp³-hybridized carbons (Fsp3) is 0.471. The smallest absolute Gasteiger partial charge is 0.324 e. The Labute approximate surface area is 162 Å². The molecule has 2 rings (SSSR count). The number of carbonyl (C=O) groups excluding carboxylic acids is 3. The molecule has 1 fully saturated rings. The predicted molar refractivity (Wildman–Crippen MR) is 96.1 cm³/mol. The largest absolute Gasteiger partial charge is 0.454 e. The second-order valence-corrected chi connectivity index (χ2v) is 8.12. The molecular weight excluding hydrogens is 393 g/mol. The van der Waals surface area contributed by atoms with Crippen LogP contribution < -0.4 is 15.4 Å². The summed E-state index contributed by atoms with van der Waals surface area (Å²) in [5, 5.41) is 4.68. The molecule has 0 saturated heterocycles. The minimum absolute atomic E-state index is 0.0243. The number of urea groups is 1.